The largest absolute Gasteiger partial charge is 0.370 e. The van der Waals surface area contributed by atoms with Crippen LogP contribution in [0.5, 0.6) is 0 Å². The summed E-state index contributed by atoms with van der Waals surface area (Å²) >= 11 is 0. The molecule has 0 aromatic carbocycles. The molecule has 1 atom stereocenters. The molecule has 10 heavy (non-hydrogen) atoms. The molecule has 0 fully saturated rings. The summed E-state index contributed by atoms with van der Waals surface area (Å²) < 4.78 is 0. The van der Waals surface area contributed by atoms with Crippen molar-refractivity contribution in [3.8, 4) is 0 Å². The summed E-state index contributed by atoms with van der Waals surface area (Å²) in [6.45, 7) is 3.41. The predicted octanol–water partition coefficient (Wildman–Crippen LogP) is -0.493. The van der Waals surface area contributed by atoms with Gasteiger partial charge >= 0.3 is 0 Å². The fourth-order valence-corrected chi connectivity index (χ4v) is 0.511. The van der Waals surface area contributed by atoms with Gasteiger partial charge in [-0.3, -0.25) is 0 Å². The molecule has 2 N–H and O–H groups in total. The van der Waals surface area contributed by atoms with Gasteiger partial charge in [-0.05, 0) is 13.8 Å². The number of nitrogens with zero attached hydrogens (tertiary/aromatic N) is 3. The third kappa shape index (κ3) is 1.44. The fraction of sp³-hybridized carbons (Fsp3) is 0.600. The maximum Gasteiger partial charge on any atom is 0.162 e. The zero-order valence-corrected chi connectivity index (χ0v) is 5.94. The van der Waals surface area contributed by atoms with Crippen molar-refractivity contribution in [1.29, 1.82) is 0 Å². The molecule has 0 amide bonds. The highest BCUT2D eigenvalue weighted by molar-refractivity contribution is 6.29. The number of hydrazine groups is 1. The summed E-state index contributed by atoms with van der Waals surface area (Å²) in [6.07, 6.45) is 0.913. The van der Waals surface area contributed by atoms with E-state index >= 15 is 0 Å². The fourth-order valence-electron chi connectivity index (χ4n) is 0.511. The van der Waals surface area contributed by atoms with E-state index in [1.807, 2.05) is 6.92 Å². The van der Waals surface area contributed by atoms with Crippen molar-refractivity contribution in [3.63, 3.8) is 0 Å². The van der Waals surface area contributed by atoms with Crippen LogP contribution in [-0.4, -0.2) is 28.4 Å². The van der Waals surface area contributed by atoms with Gasteiger partial charge in [-0.1, -0.05) is 0 Å². The number of aliphatic hydroxyl groups excluding tert-OH is 1. The maximum atomic E-state index is 8.94. The lowest BCUT2D eigenvalue weighted by Crippen LogP contribution is -2.40. The van der Waals surface area contributed by atoms with Crippen LogP contribution in [-0.2, 0) is 0 Å². The van der Waals surface area contributed by atoms with E-state index in [1.54, 1.807) is 13.1 Å². The topological polar surface area (TPSA) is 60.2 Å². The number of hydrogen-bond donors (Lipinski definition) is 2. The molecule has 0 saturated heterocycles. The quantitative estimate of drug-likeness (QED) is 0.519. The van der Waals surface area contributed by atoms with E-state index in [2.05, 4.69) is 15.7 Å². The number of hydrazone groups is 2. The maximum absolute atomic E-state index is 8.94. The third-order valence-corrected chi connectivity index (χ3v) is 1.05. The second-order valence-corrected chi connectivity index (χ2v) is 2.07. The van der Waals surface area contributed by atoms with Gasteiger partial charge in [-0.2, -0.15) is 20.9 Å². The van der Waals surface area contributed by atoms with Crippen LogP contribution in [0.2, 0.25) is 0 Å². The van der Waals surface area contributed by atoms with E-state index in [0.717, 1.165) is 5.71 Å². The first-order valence-electron chi connectivity index (χ1n) is 3.01. The average Bonchev–Trinajstić information content (AvgIpc) is 1.88. The predicted molar refractivity (Wildman–Crippen MR) is 38.3 cm³/mol. The minimum absolute atomic E-state index is 0.659. The smallest absolute Gasteiger partial charge is 0.162 e. The van der Waals surface area contributed by atoms with Crippen LogP contribution in [0, 0.1) is 0 Å². The first-order valence-corrected chi connectivity index (χ1v) is 3.01. The van der Waals surface area contributed by atoms with Gasteiger partial charge in [0.15, 0.2) is 6.23 Å². The Morgan fingerprint density at radius 2 is 2.50 bits per heavy atom. The van der Waals surface area contributed by atoms with Crippen LogP contribution in [0.4, 0.5) is 0 Å². The van der Waals surface area contributed by atoms with Crippen LogP contribution in [0.15, 0.2) is 10.2 Å². The lowest BCUT2D eigenvalue weighted by Gasteiger charge is -2.22. The van der Waals surface area contributed by atoms with Crippen molar-refractivity contribution in [2.24, 2.45) is 10.2 Å². The molecular weight excluding hydrogens is 132 g/mol. The summed E-state index contributed by atoms with van der Waals surface area (Å²) in [5, 5.41) is 17.8. The molecule has 5 heteroatoms. The van der Waals surface area contributed by atoms with Gasteiger partial charge in [0.05, 0.1) is 11.9 Å². The summed E-state index contributed by atoms with van der Waals surface area (Å²) in [6, 6.07) is 0. The van der Waals surface area contributed by atoms with Crippen molar-refractivity contribution in [1.82, 2.24) is 10.7 Å². The van der Waals surface area contributed by atoms with E-state index in [9.17, 15) is 0 Å². The normalized spacial score (nSPS) is 19.9. The Morgan fingerprint density at radius 1 is 1.80 bits per heavy atom. The first kappa shape index (κ1) is 7.01. The Labute approximate surface area is 59.0 Å². The number of nitrogens with one attached hydrogen (secondary N) is 1. The van der Waals surface area contributed by atoms with E-state index in [-0.39, 0.29) is 0 Å². The summed E-state index contributed by atoms with van der Waals surface area (Å²) in [7, 11) is 0. The minimum Gasteiger partial charge on any atom is -0.370 e. The van der Waals surface area contributed by atoms with E-state index < -0.39 is 6.23 Å². The molecule has 0 saturated carbocycles. The van der Waals surface area contributed by atoms with Crippen molar-refractivity contribution in [3.05, 3.63) is 0 Å². The minimum atomic E-state index is -0.659. The van der Waals surface area contributed by atoms with Gasteiger partial charge in [0, 0.05) is 0 Å². The van der Waals surface area contributed by atoms with Gasteiger partial charge < -0.3 is 5.11 Å². The first-order chi connectivity index (χ1) is 4.70. The van der Waals surface area contributed by atoms with Crippen LogP contribution >= 0.6 is 0 Å². The molecule has 1 unspecified atom stereocenters. The molecule has 1 aliphatic heterocycles. The van der Waals surface area contributed by atoms with Crippen LogP contribution in [0.3, 0.4) is 0 Å². The Balaban J connectivity index is 2.52. The lowest BCUT2D eigenvalue weighted by atomic mass is 10.5. The molecule has 0 aliphatic carbocycles. The standard InChI is InChI=1S/C5H10N4O/c1-4-3-6-9(5(2)10)8-7-4/h3,5,8,10H,1-2H3. The van der Waals surface area contributed by atoms with Gasteiger partial charge in [-0.25, -0.2) is 0 Å². The molecule has 1 heterocycles. The van der Waals surface area contributed by atoms with E-state index in [1.165, 1.54) is 5.12 Å². The van der Waals surface area contributed by atoms with Crippen molar-refractivity contribution >= 4 is 11.9 Å². The highest BCUT2D eigenvalue weighted by Gasteiger charge is 2.07. The molecule has 1 aliphatic rings. The Hall–Kier alpha value is -1.10. The zero-order valence-electron chi connectivity index (χ0n) is 5.94. The third-order valence-electron chi connectivity index (χ3n) is 1.05. The monoisotopic (exact) mass is 142 g/mol. The molecular formula is C5H10N4O. The number of aliphatic hydroxyl groups is 1. The molecule has 0 bridgehead atoms. The highest BCUT2D eigenvalue weighted by Crippen LogP contribution is 1.94. The second-order valence-electron chi connectivity index (χ2n) is 2.07. The molecule has 0 aromatic heterocycles. The Kier molecular flexibility index (Phi) is 1.86. The summed E-state index contributed by atoms with van der Waals surface area (Å²) in [5.74, 6) is 0. The SMILES string of the molecule is CC1=NNN(C(C)O)N=C1. The van der Waals surface area contributed by atoms with Crippen LogP contribution < -0.4 is 5.53 Å². The van der Waals surface area contributed by atoms with E-state index in [0.29, 0.717) is 0 Å². The molecule has 5 nitrogen and oxygen atoms in total. The van der Waals surface area contributed by atoms with Crippen LogP contribution in [0.25, 0.3) is 0 Å². The Bertz CT molecular complexity index is 174. The molecule has 0 spiro atoms. The summed E-state index contributed by atoms with van der Waals surface area (Å²) in [4.78, 5) is 0. The van der Waals surface area contributed by atoms with Crippen LogP contribution in [0.1, 0.15) is 13.8 Å². The lowest BCUT2D eigenvalue weighted by molar-refractivity contribution is -0.0172. The van der Waals surface area contributed by atoms with E-state index in [4.69, 9.17) is 5.11 Å². The Morgan fingerprint density at radius 3 is 2.90 bits per heavy atom. The second kappa shape index (κ2) is 2.66. The van der Waals surface area contributed by atoms with Crippen molar-refractivity contribution in [2.45, 2.75) is 20.1 Å². The van der Waals surface area contributed by atoms with Gasteiger partial charge in [0.25, 0.3) is 0 Å². The van der Waals surface area contributed by atoms with Gasteiger partial charge in [0.2, 0.25) is 0 Å². The highest BCUT2D eigenvalue weighted by atomic mass is 16.3. The molecule has 56 valence electrons. The molecule has 0 radical (unpaired) electrons. The number of rotatable bonds is 1. The van der Waals surface area contributed by atoms with Crippen molar-refractivity contribution < 1.29 is 5.11 Å². The molecule has 0 aromatic rings. The molecule has 1 rings (SSSR count). The number of hydrogen-bond acceptors (Lipinski definition) is 5. The zero-order chi connectivity index (χ0) is 7.56. The average molecular weight is 142 g/mol. The summed E-state index contributed by atoms with van der Waals surface area (Å²) in [5.41, 5.74) is 3.33. The van der Waals surface area contributed by atoms with Crippen molar-refractivity contribution in [2.75, 3.05) is 0 Å². The van der Waals surface area contributed by atoms with Gasteiger partial charge in [0.1, 0.15) is 0 Å². The van der Waals surface area contributed by atoms with Gasteiger partial charge in [-0.15, -0.1) is 0 Å².